The van der Waals surface area contributed by atoms with Crippen molar-refractivity contribution in [2.45, 2.75) is 44.9 Å². The van der Waals surface area contributed by atoms with Crippen LogP contribution >= 0.6 is 0 Å². The molecule has 4 nitrogen and oxygen atoms in total. The van der Waals surface area contributed by atoms with E-state index in [1.807, 2.05) is 19.3 Å². The van der Waals surface area contributed by atoms with Crippen LogP contribution in [-0.4, -0.2) is 24.7 Å². The Hall–Kier alpha value is -1.72. The van der Waals surface area contributed by atoms with E-state index >= 15 is 0 Å². The molecule has 0 amide bonds. The molecule has 0 unspecified atom stereocenters. The number of aryl methyl sites for hydroxylation is 1. The Kier molecular flexibility index (Phi) is 4.25. The number of pyridine rings is 1. The van der Waals surface area contributed by atoms with Crippen molar-refractivity contribution in [3.05, 3.63) is 53.3 Å². The van der Waals surface area contributed by atoms with Crippen LogP contribution < -0.4 is 4.72 Å². The van der Waals surface area contributed by atoms with Crippen molar-refractivity contribution in [2.24, 2.45) is 0 Å². The maximum atomic E-state index is 12.0. The third kappa shape index (κ3) is 3.46. The monoisotopic (exact) mass is 330 g/mol. The van der Waals surface area contributed by atoms with E-state index in [1.54, 1.807) is 13.8 Å². The molecule has 2 aromatic rings. The number of nitrogens with one attached hydrogen (secondary N) is 1. The van der Waals surface area contributed by atoms with E-state index in [2.05, 4.69) is 34.0 Å². The molecule has 122 valence electrons. The standard InChI is InChI=1S/C18H22N2O2S/c1-12(2)23(21,22)20-18-8-15-5-4-14(7-16(15)9-18)17-6-13(3)10-19-11-17/h4-7,10-12,18,20H,8-9H2,1-3H3/t18-/m0/s1. The second-order valence-electron chi connectivity index (χ2n) is 6.55. The first-order valence-electron chi connectivity index (χ1n) is 7.90. The third-order valence-corrected chi connectivity index (χ3v) is 6.20. The molecule has 0 bridgehead atoms. The smallest absolute Gasteiger partial charge is 0.214 e. The molecule has 0 radical (unpaired) electrons. The number of sulfonamides is 1. The molecule has 1 N–H and O–H groups in total. The van der Waals surface area contributed by atoms with Crippen molar-refractivity contribution < 1.29 is 8.42 Å². The highest BCUT2D eigenvalue weighted by Crippen LogP contribution is 2.28. The van der Waals surface area contributed by atoms with Gasteiger partial charge in [-0.05, 0) is 61.9 Å². The first-order chi connectivity index (χ1) is 10.8. The maximum absolute atomic E-state index is 12.0. The average Bonchev–Trinajstić information content (AvgIpc) is 2.87. The molecule has 0 spiro atoms. The number of rotatable bonds is 4. The van der Waals surface area contributed by atoms with Gasteiger partial charge in [0.05, 0.1) is 5.25 Å². The predicted molar refractivity (Wildman–Crippen MR) is 92.8 cm³/mol. The van der Waals surface area contributed by atoms with Crippen molar-refractivity contribution in [3.8, 4) is 11.1 Å². The van der Waals surface area contributed by atoms with Gasteiger partial charge in [-0.1, -0.05) is 18.2 Å². The van der Waals surface area contributed by atoms with Gasteiger partial charge in [0.2, 0.25) is 10.0 Å². The van der Waals surface area contributed by atoms with Crippen LogP contribution in [0.2, 0.25) is 0 Å². The van der Waals surface area contributed by atoms with Crippen molar-refractivity contribution in [2.75, 3.05) is 0 Å². The Labute approximate surface area is 138 Å². The molecular formula is C18H22N2O2S. The zero-order valence-electron chi connectivity index (χ0n) is 13.7. The molecule has 1 aromatic heterocycles. The summed E-state index contributed by atoms with van der Waals surface area (Å²) in [6.07, 6.45) is 5.21. The van der Waals surface area contributed by atoms with E-state index in [9.17, 15) is 8.42 Å². The molecule has 0 aliphatic heterocycles. The highest BCUT2D eigenvalue weighted by atomic mass is 32.2. The largest absolute Gasteiger partial charge is 0.264 e. The van der Waals surface area contributed by atoms with Crippen LogP contribution in [0.4, 0.5) is 0 Å². The predicted octanol–water partition coefficient (Wildman–Crippen LogP) is 2.85. The molecule has 5 heteroatoms. The quantitative estimate of drug-likeness (QED) is 0.938. The highest BCUT2D eigenvalue weighted by Gasteiger charge is 2.27. The molecule has 1 atom stereocenters. The highest BCUT2D eigenvalue weighted by molar-refractivity contribution is 7.90. The number of hydrogen-bond donors (Lipinski definition) is 1. The summed E-state index contributed by atoms with van der Waals surface area (Å²) in [6, 6.07) is 8.44. The van der Waals surface area contributed by atoms with Crippen molar-refractivity contribution in [1.29, 1.82) is 0 Å². The Bertz CT molecular complexity index is 829. The zero-order valence-corrected chi connectivity index (χ0v) is 14.5. The van der Waals surface area contributed by atoms with Gasteiger partial charge in [-0.25, -0.2) is 13.1 Å². The summed E-state index contributed by atoms with van der Waals surface area (Å²) in [7, 11) is -3.23. The van der Waals surface area contributed by atoms with Gasteiger partial charge in [0.1, 0.15) is 0 Å². The van der Waals surface area contributed by atoms with Crippen molar-refractivity contribution in [3.63, 3.8) is 0 Å². The van der Waals surface area contributed by atoms with Crippen molar-refractivity contribution in [1.82, 2.24) is 9.71 Å². The van der Waals surface area contributed by atoms with Crippen LogP contribution in [-0.2, 0) is 22.9 Å². The first kappa shape index (κ1) is 16.1. The molecule has 1 aliphatic carbocycles. The molecule has 1 aliphatic rings. The van der Waals surface area contributed by atoms with Crippen LogP contribution in [0, 0.1) is 6.92 Å². The normalized spacial score (nSPS) is 17.5. The summed E-state index contributed by atoms with van der Waals surface area (Å²) in [4.78, 5) is 4.25. The maximum Gasteiger partial charge on any atom is 0.214 e. The summed E-state index contributed by atoms with van der Waals surface area (Å²) >= 11 is 0. The zero-order chi connectivity index (χ0) is 16.6. The van der Waals surface area contributed by atoms with E-state index in [0.717, 1.165) is 29.5 Å². The lowest BCUT2D eigenvalue weighted by Gasteiger charge is -2.14. The second kappa shape index (κ2) is 6.06. The minimum absolute atomic E-state index is 0.0386. The lowest BCUT2D eigenvalue weighted by molar-refractivity contribution is 0.547. The molecule has 23 heavy (non-hydrogen) atoms. The third-order valence-electron chi connectivity index (χ3n) is 4.30. The molecule has 0 saturated carbocycles. The Balaban J connectivity index is 1.82. The van der Waals surface area contributed by atoms with Gasteiger partial charge in [0.25, 0.3) is 0 Å². The topological polar surface area (TPSA) is 59.1 Å². The Morgan fingerprint density at radius 1 is 1.09 bits per heavy atom. The molecule has 3 rings (SSSR count). The van der Waals surface area contributed by atoms with E-state index in [1.165, 1.54) is 11.1 Å². The average molecular weight is 330 g/mol. The lowest BCUT2D eigenvalue weighted by atomic mass is 10.0. The first-order valence-corrected chi connectivity index (χ1v) is 9.45. The minimum Gasteiger partial charge on any atom is -0.264 e. The van der Waals surface area contributed by atoms with Crippen LogP contribution in [0.1, 0.15) is 30.5 Å². The van der Waals surface area contributed by atoms with E-state index < -0.39 is 15.3 Å². The van der Waals surface area contributed by atoms with Crippen molar-refractivity contribution >= 4 is 10.0 Å². The second-order valence-corrected chi connectivity index (χ2v) is 8.82. The van der Waals surface area contributed by atoms with Gasteiger partial charge >= 0.3 is 0 Å². The van der Waals surface area contributed by atoms with E-state index in [-0.39, 0.29) is 6.04 Å². The number of benzene rings is 1. The Morgan fingerprint density at radius 2 is 1.83 bits per heavy atom. The number of nitrogens with zero attached hydrogens (tertiary/aromatic N) is 1. The summed E-state index contributed by atoms with van der Waals surface area (Å²) in [6.45, 7) is 5.43. The van der Waals surface area contributed by atoms with E-state index in [4.69, 9.17) is 0 Å². The summed E-state index contributed by atoms with van der Waals surface area (Å²) in [5.41, 5.74) is 5.81. The van der Waals surface area contributed by atoms with Crippen LogP contribution in [0.3, 0.4) is 0 Å². The van der Waals surface area contributed by atoms with E-state index in [0.29, 0.717) is 0 Å². The van der Waals surface area contributed by atoms with Gasteiger partial charge in [0.15, 0.2) is 0 Å². The summed E-state index contributed by atoms with van der Waals surface area (Å²) < 4.78 is 26.9. The fourth-order valence-electron chi connectivity index (χ4n) is 2.96. The summed E-state index contributed by atoms with van der Waals surface area (Å²) in [5.74, 6) is 0. The molecule has 1 heterocycles. The van der Waals surface area contributed by atoms with Crippen LogP contribution in [0.5, 0.6) is 0 Å². The molecule has 0 fully saturated rings. The lowest BCUT2D eigenvalue weighted by Crippen LogP contribution is -2.39. The number of fused-ring (bicyclic) bond motifs is 1. The molecule has 1 aromatic carbocycles. The van der Waals surface area contributed by atoms with Gasteiger partial charge in [-0.15, -0.1) is 0 Å². The fourth-order valence-corrected chi connectivity index (χ4v) is 3.87. The number of aromatic nitrogens is 1. The summed E-state index contributed by atoms with van der Waals surface area (Å²) in [5, 5.41) is -0.403. The van der Waals surface area contributed by atoms with Crippen LogP contribution in [0.15, 0.2) is 36.7 Å². The number of hydrogen-bond acceptors (Lipinski definition) is 3. The van der Waals surface area contributed by atoms with Gasteiger partial charge in [0, 0.05) is 24.0 Å². The molecular weight excluding hydrogens is 308 g/mol. The van der Waals surface area contributed by atoms with Gasteiger partial charge in [-0.3, -0.25) is 4.98 Å². The molecule has 0 saturated heterocycles. The fraction of sp³-hybridized carbons (Fsp3) is 0.389. The SMILES string of the molecule is Cc1cncc(-c2ccc3c(c2)C[C@@H](NS(=O)(=O)C(C)C)C3)c1. The Morgan fingerprint density at radius 3 is 2.52 bits per heavy atom. The van der Waals surface area contributed by atoms with Gasteiger partial charge in [-0.2, -0.15) is 0 Å². The minimum atomic E-state index is -3.23. The van der Waals surface area contributed by atoms with Crippen LogP contribution in [0.25, 0.3) is 11.1 Å². The van der Waals surface area contributed by atoms with Gasteiger partial charge < -0.3 is 0 Å².